The first-order valence-corrected chi connectivity index (χ1v) is 8.39. The highest BCUT2D eigenvalue weighted by Gasteiger charge is 2.06. The normalized spacial score (nSPS) is 13.9. The van der Waals surface area contributed by atoms with Gasteiger partial charge >= 0.3 is 0 Å². The Balaban J connectivity index is 2.95. The Hall–Kier alpha value is -0.310. The molecule has 1 aromatic carbocycles. The maximum Gasteiger partial charge on any atom is 0.175 e. The summed E-state index contributed by atoms with van der Waals surface area (Å²) in [5.74, 6) is 0. The molecule has 1 atom stereocenters. The van der Waals surface area contributed by atoms with E-state index in [1.807, 2.05) is 0 Å². The number of benzene rings is 1. The number of hydrogen-bond donors (Lipinski definition) is 0. The molecule has 0 amide bonds. The molecule has 0 fully saturated rings. The van der Waals surface area contributed by atoms with Gasteiger partial charge in [0, 0.05) is 12.4 Å². The maximum absolute atomic E-state index is 11.1. The molecule has 0 aliphatic rings. The molecule has 0 spiro atoms. The van der Waals surface area contributed by atoms with E-state index in [0.29, 0.717) is 6.16 Å². The van der Waals surface area contributed by atoms with Crippen LogP contribution in [0.5, 0.6) is 0 Å². The van der Waals surface area contributed by atoms with Crippen LogP contribution in [0.1, 0.15) is 5.56 Å². The standard InChI is InChI=1S/C8H10ClO3PS/c1-14(11,12)8-4-2-7(3-5-8)6-13(9)10/h2-5,13H,6H2,1H3. The molecule has 0 N–H and O–H groups in total. The Morgan fingerprint density at radius 1 is 1.29 bits per heavy atom. The fraction of sp³-hybridized carbons (Fsp3) is 0.250. The molecule has 14 heavy (non-hydrogen) atoms. The largest absolute Gasteiger partial charge is 0.310 e. The fourth-order valence-corrected chi connectivity index (χ4v) is 2.67. The summed E-state index contributed by atoms with van der Waals surface area (Å²) in [6.45, 7) is 0. The second-order valence-electron chi connectivity index (χ2n) is 2.95. The molecular formula is C8H10ClO3PS. The zero-order chi connectivity index (χ0) is 10.8. The number of sulfone groups is 1. The Kier molecular flexibility index (Phi) is 3.76. The van der Waals surface area contributed by atoms with Crippen LogP contribution in [-0.2, 0) is 20.6 Å². The van der Waals surface area contributed by atoms with Crippen molar-refractivity contribution in [3.05, 3.63) is 29.8 Å². The Morgan fingerprint density at radius 2 is 1.79 bits per heavy atom. The first kappa shape index (κ1) is 11.8. The van der Waals surface area contributed by atoms with E-state index in [1.54, 1.807) is 12.1 Å². The van der Waals surface area contributed by atoms with Crippen LogP contribution in [0.15, 0.2) is 29.2 Å². The van der Waals surface area contributed by atoms with Gasteiger partial charge in [-0.15, -0.1) is 0 Å². The van der Waals surface area contributed by atoms with Crippen LogP contribution in [0.4, 0.5) is 0 Å². The van der Waals surface area contributed by atoms with Crippen LogP contribution in [0.25, 0.3) is 0 Å². The van der Waals surface area contributed by atoms with E-state index in [-0.39, 0.29) is 4.90 Å². The Labute approximate surface area is 88.6 Å². The molecule has 1 rings (SSSR count). The third-order valence-corrected chi connectivity index (χ3v) is 3.91. The van der Waals surface area contributed by atoms with Gasteiger partial charge in [-0.3, -0.25) is 0 Å². The minimum absolute atomic E-state index is 0.260. The molecule has 0 radical (unpaired) electrons. The first-order chi connectivity index (χ1) is 6.39. The lowest BCUT2D eigenvalue weighted by atomic mass is 10.2. The number of rotatable bonds is 3. The number of hydrogen-bond acceptors (Lipinski definition) is 3. The third kappa shape index (κ3) is 3.45. The molecule has 0 bridgehead atoms. The summed E-state index contributed by atoms with van der Waals surface area (Å²) in [6.07, 6.45) is 1.45. The zero-order valence-corrected chi connectivity index (χ0v) is 10.1. The second-order valence-corrected chi connectivity index (χ2v) is 7.29. The van der Waals surface area contributed by atoms with E-state index in [4.69, 9.17) is 11.2 Å². The Morgan fingerprint density at radius 3 is 2.14 bits per heavy atom. The minimum atomic E-state index is -3.15. The SMILES string of the molecule is CS(=O)(=O)c1ccc(C[PH](=O)Cl)cc1. The molecule has 0 saturated heterocycles. The molecule has 1 aromatic rings. The van der Waals surface area contributed by atoms with Crippen molar-refractivity contribution in [1.29, 1.82) is 0 Å². The van der Waals surface area contributed by atoms with Gasteiger partial charge in [-0.25, -0.2) is 8.42 Å². The molecule has 78 valence electrons. The van der Waals surface area contributed by atoms with Gasteiger partial charge in [-0.1, -0.05) is 23.4 Å². The summed E-state index contributed by atoms with van der Waals surface area (Å²) < 4.78 is 32.9. The summed E-state index contributed by atoms with van der Waals surface area (Å²) in [5.41, 5.74) is 0.788. The van der Waals surface area contributed by atoms with E-state index in [0.717, 1.165) is 11.8 Å². The highest BCUT2D eigenvalue weighted by Crippen LogP contribution is 2.31. The molecular weight excluding hydrogens is 243 g/mol. The van der Waals surface area contributed by atoms with Crippen molar-refractivity contribution in [3.8, 4) is 0 Å². The van der Waals surface area contributed by atoms with Crippen LogP contribution in [0, 0.1) is 0 Å². The molecule has 0 aliphatic carbocycles. The fourth-order valence-electron chi connectivity index (χ4n) is 1.01. The molecule has 6 heteroatoms. The average molecular weight is 253 g/mol. The number of halogens is 1. The van der Waals surface area contributed by atoms with Crippen molar-refractivity contribution in [2.75, 3.05) is 6.26 Å². The van der Waals surface area contributed by atoms with Gasteiger partial charge in [-0.2, -0.15) is 0 Å². The van der Waals surface area contributed by atoms with Crippen molar-refractivity contribution in [3.63, 3.8) is 0 Å². The molecule has 0 heterocycles. The van der Waals surface area contributed by atoms with Gasteiger partial charge in [0.15, 0.2) is 17.0 Å². The van der Waals surface area contributed by atoms with Gasteiger partial charge in [-0.05, 0) is 17.7 Å². The maximum atomic E-state index is 11.1. The lowest BCUT2D eigenvalue weighted by Crippen LogP contribution is -1.96. The van der Waals surface area contributed by atoms with Crippen LogP contribution >= 0.6 is 18.4 Å². The van der Waals surface area contributed by atoms with E-state index in [1.165, 1.54) is 12.1 Å². The van der Waals surface area contributed by atoms with E-state index < -0.39 is 17.0 Å². The van der Waals surface area contributed by atoms with Crippen LogP contribution < -0.4 is 0 Å². The monoisotopic (exact) mass is 252 g/mol. The summed E-state index contributed by atoms with van der Waals surface area (Å²) in [4.78, 5) is 0.260. The lowest BCUT2D eigenvalue weighted by Gasteiger charge is -2.00. The van der Waals surface area contributed by atoms with Gasteiger partial charge in [0.1, 0.15) is 0 Å². The first-order valence-electron chi connectivity index (χ1n) is 3.87. The van der Waals surface area contributed by atoms with Crippen LogP contribution in [-0.4, -0.2) is 14.7 Å². The van der Waals surface area contributed by atoms with Crippen molar-refractivity contribution in [2.24, 2.45) is 0 Å². The average Bonchev–Trinajstić information content (AvgIpc) is 2.02. The van der Waals surface area contributed by atoms with Gasteiger partial charge in [0.25, 0.3) is 0 Å². The summed E-state index contributed by atoms with van der Waals surface area (Å²) in [6, 6.07) is 6.24. The smallest absolute Gasteiger partial charge is 0.175 e. The molecule has 0 aromatic heterocycles. The van der Waals surface area contributed by atoms with Gasteiger partial charge in [0.2, 0.25) is 0 Å². The minimum Gasteiger partial charge on any atom is -0.310 e. The predicted molar refractivity (Wildman–Crippen MR) is 58.1 cm³/mol. The van der Waals surface area contributed by atoms with Crippen molar-refractivity contribution >= 4 is 28.2 Å². The van der Waals surface area contributed by atoms with Crippen molar-refractivity contribution in [1.82, 2.24) is 0 Å². The predicted octanol–water partition coefficient (Wildman–Crippen LogP) is 2.30. The van der Waals surface area contributed by atoms with Crippen LogP contribution in [0.3, 0.4) is 0 Å². The molecule has 1 unspecified atom stereocenters. The van der Waals surface area contributed by atoms with E-state index in [9.17, 15) is 13.0 Å². The summed E-state index contributed by atoms with van der Waals surface area (Å²) in [5, 5.41) is 0. The molecule has 0 aliphatic heterocycles. The van der Waals surface area contributed by atoms with Crippen molar-refractivity contribution < 1.29 is 13.0 Å². The van der Waals surface area contributed by atoms with Crippen LogP contribution in [0.2, 0.25) is 0 Å². The second kappa shape index (κ2) is 4.47. The van der Waals surface area contributed by atoms with Gasteiger partial charge in [0.05, 0.1) is 4.90 Å². The molecule has 0 saturated carbocycles. The molecule has 3 nitrogen and oxygen atoms in total. The van der Waals surface area contributed by atoms with E-state index in [2.05, 4.69) is 0 Å². The summed E-state index contributed by atoms with van der Waals surface area (Å²) in [7, 11) is -5.21. The lowest BCUT2D eigenvalue weighted by molar-refractivity contribution is 0.595. The Bertz CT molecular complexity index is 438. The highest BCUT2D eigenvalue weighted by molar-refractivity contribution is 7.90. The summed E-state index contributed by atoms with van der Waals surface area (Å²) >= 11 is 5.37. The third-order valence-electron chi connectivity index (χ3n) is 1.69. The zero-order valence-electron chi connectivity index (χ0n) is 7.53. The topological polar surface area (TPSA) is 51.2 Å². The quantitative estimate of drug-likeness (QED) is 0.776. The van der Waals surface area contributed by atoms with E-state index >= 15 is 0 Å². The van der Waals surface area contributed by atoms with Crippen molar-refractivity contribution in [2.45, 2.75) is 11.1 Å². The highest BCUT2D eigenvalue weighted by atomic mass is 35.7. The van der Waals surface area contributed by atoms with Gasteiger partial charge < -0.3 is 4.57 Å².